The molecule has 19 heavy (non-hydrogen) atoms. The number of para-hydroxylation sites is 1. The van der Waals surface area contributed by atoms with Crippen LogP contribution in [-0.4, -0.2) is 28.6 Å². The molecular formula is C14H20N4O. The van der Waals surface area contributed by atoms with Gasteiger partial charge in [-0.15, -0.1) is 5.10 Å². The van der Waals surface area contributed by atoms with Crippen molar-refractivity contribution in [3.05, 3.63) is 41.7 Å². The maximum absolute atomic E-state index is 5.20. The summed E-state index contributed by atoms with van der Waals surface area (Å²) >= 11 is 0. The molecule has 0 unspecified atom stereocenters. The molecule has 5 nitrogen and oxygen atoms in total. The molecule has 0 saturated heterocycles. The van der Waals surface area contributed by atoms with Crippen molar-refractivity contribution in [2.45, 2.75) is 26.5 Å². The molecule has 0 saturated carbocycles. The molecule has 1 aromatic heterocycles. The van der Waals surface area contributed by atoms with Crippen molar-refractivity contribution in [2.75, 3.05) is 13.7 Å². The number of aromatic nitrogens is 3. The summed E-state index contributed by atoms with van der Waals surface area (Å²) in [6.45, 7) is 4.46. The standard InChI is InChI=1S/C14H20N4O/c1-3-8-15-9-13-10-18(17-16-13)14-7-5-4-6-12(14)11-19-2/h4-7,10,15H,3,8-9,11H2,1-2H3. The molecule has 1 N–H and O–H groups in total. The quantitative estimate of drug-likeness (QED) is 0.773. The number of hydrogen-bond donors (Lipinski definition) is 1. The smallest absolute Gasteiger partial charge is 0.0969 e. The Kier molecular flexibility index (Phi) is 5.06. The average Bonchev–Trinajstić information content (AvgIpc) is 2.89. The topological polar surface area (TPSA) is 52.0 Å². The maximum atomic E-state index is 5.20. The predicted molar refractivity (Wildman–Crippen MR) is 74.1 cm³/mol. The molecule has 2 rings (SSSR count). The summed E-state index contributed by atoms with van der Waals surface area (Å²) < 4.78 is 7.01. The normalized spacial score (nSPS) is 10.8. The zero-order valence-corrected chi connectivity index (χ0v) is 11.5. The lowest BCUT2D eigenvalue weighted by Gasteiger charge is -2.07. The third kappa shape index (κ3) is 3.62. The molecule has 0 amide bonds. The predicted octanol–water partition coefficient (Wildman–Crippen LogP) is 1.91. The lowest BCUT2D eigenvalue weighted by atomic mass is 10.2. The van der Waals surface area contributed by atoms with Gasteiger partial charge in [0.2, 0.25) is 0 Å². The molecule has 0 atom stereocenters. The van der Waals surface area contributed by atoms with Crippen LogP contribution in [0.1, 0.15) is 24.6 Å². The van der Waals surface area contributed by atoms with Crippen molar-refractivity contribution in [3.8, 4) is 5.69 Å². The lowest BCUT2D eigenvalue weighted by Crippen LogP contribution is -2.13. The fourth-order valence-electron chi connectivity index (χ4n) is 1.90. The number of nitrogens with one attached hydrogen (secondary N) is 1. The maximum Gasteiger partial charge on any atom is 0.0969 e. The van der Waals surface area contributed by atoms with Crippen LogP contribution in [0.15, 0.2) is 30.5 Å². The summed E-state index contributed by atoms with van der Waals surface area (Å²) in [6.07, 6.45) is 3.07. The first kappa shape index (κ1) is 13.7. The lowest BCUT2D eigenvalue weighted by molar-refractivity contribution is 0.184. The summed E-state index contributed by atoms with van der Waals surface area (Å²) in [6, 6.07) is 8.05. The molecule has 1 heterocycles. The van der Waals surface area contributed by atoms with Crippen molar-refractivity contribution < 1.29 is 4.74 Å². The average molecular weight is 260 g/mol. The van der Waals surface area contributed by atoms with Crippen molar-refractivity contribution in [3.63, 3.8) is 0 Å². The molecule has 0 aliphatic carbocycles. The van der Waals surface area contributed by atoms with Crippen molar-refractivity contribution >= 4 is 0 Å². The van der Waals surface area contributed by atoms with Crippen LogP contribution in [0.25, 0.3) is 5.69 Å². The van der Waals surface area contributed by atoms with Crippen LogP contribution >= 0.6 is 0 Å². The molecule has 5 heteroatoms. The summed E-state index contributed by atoms with van der Waals surface area (Å²) in [7, 11) is 1.69. The fraction of sp³-hybridized carbons (Fsp3) is 0.429. The van der Waals surface area contributed by atoms with E-state index in [1.807, 2.05) is 30.5 Å². The largest absolute Gasteiger partial charge is 0.380 e. The van der Waals surface area contributed by atoms with Gasteiger partial charge in [0.15, 0.2) is 0 Å². The van der Waals surface area contributed by atoms with Gasteiger partial charge in [0.1, 0.15) is 0 Å². The summed E-state index contributed by atoms with van der Waals surface area (Å²) in [4.78, 5) is 0. The highest BCUT2D eigenvalue weighted by molar-refractivity contribution is 5.39. The number of ether oxygens (including phenoxy) is 1. The van der Waals surface area contributed by atoms with Crippen LogP contribution in [0.2, 0.25) is 0 Å². The van der Waals surface area contributed by atoms with Crippen LogP contribution in [-0.2, 0) is 17.9 Å². The van der Waals surface area contributed by atoms with Crippen LogP contribution < -0.4 is 5.32 Å². The van der Waals surface area contributed by atoms with Gasteiger partial charge in [0.05, 0.1) is 24.2 Å². The fourth-order valence-corrected chi connectivity index (χ4v) is 1.90. The third-order valence-electron chi connectivity index (χ3n) is 2.81. The Balaban J connectivity index is 2.13. The number of methoxy groups -OCH3 is 1. The zero-order valence-electron chi connectivity index (χ0n) is 11.5. The Bertz CT molecular complexity index is 510. The molecule has 0 radical (unpaired) electrons. The Hall–Kier alpha value is -1.72. The second-order valence-electron chi connectivity index (χ2n) is 4.39. The Labute approximate surface area is 113 Å². The van der Waals surface area contributed by atoms with Crippen LogP contribution in [0.3, 0.4) is 0 Å². The second kappa shape index (κ2) is 7.01. The number of rotatable bonds is 7. The number of benzene rings is 1. The highest BCUT2D eigenvalue weighted by Gasteiger charge is 2.06. The summed E-state index contributed by atoms with van der Waals surface area (Å²) in [5.74, 6) is 0. The second-order valence-corrected chi connectivity index (χ2v) is 4.39. The first-order chi connectivity index (χ1) is 9.35. The monoisotopic (exact) mass is 260 g/mol. The van der Waals surface area contributed by atoms with E-state index >= 15 is 0 Å². The molecule has 1 aromatic carbocycles. The molecular weight excluding hydrogens is 240 g/mol. The summed E-state index contributed by atoms with van der Waals surface area (Å²) in [5.41, 5.74) is 3.06. The third-order valence-corrected chi connectivity index (χ3v) is 2.81. The van der Waals surface area contributed by atoms with E-state index in [9.17, 15) is 0 Å². The van der Waals surface area contributed by atoms with Gasteiger partial charge in [-0.2, -0.15) is 0 Å². The van der Waals surface area contributed by atoms with Gasteiger partial charge < -0.3 is 10.1 Å². The van der Waals surface area contributed by atoms with Gasteiger partial charge in [0, 0.05) is 19.2 Å². The van der Waals surface area contributed by atoms with E-state index in [1.54, 1.807) is 11.8 Å². The van der Waals surface area contributed by atoms with Crippen LogP contribution in [0.5, 0.6) is 0 Å². The molecule has 102 valence electrons. The van der Waals surface area contributed by atoms with Gasteiger partial charge in [-0.3, -0.25) is 0 Å². The number of nitrogens with zero attached hydrogens (tertiary/aromatic N) is 3. The van der Waals surface area contributed by atoms with Crippen molar-refractivity contribution in [1.29, 1.82) is 0 Å². The SMILES string of the molecule is CCCNCc1cn(-c2ccccc2COC)nn1. The molecule has 2 aromatic rings. The number of hydrogen-bond acceptors (Lipinski definition) is 4. The highest BCUT2D eigenvalue weighted by Crippen LogP contribution is 2.14. The Morgan fingerprint density at radius 1 is 1.32 bits per heavy atom. The minimum Gasteiger partial charge on any atom is -0.380 e. The van der Waals surface area contributed by atoms with E-state index in [0.29, 0.717) is 6.61 Å². The molecule has 0 fully saturated rings. The van der Waals surface area contributed by atoms with Gasteiger partial charge in [-0.05, 0) is 19.0 Å². The molecule has 0 aliphatic rings. The highest BCUT2D eigenvalue weighted by atomic mass is 16.5. The van der Waals surface area contributed by atoms with Gasteiger partial charge >= 0.3 is 0 Å². The van der Waals surface area contributed by atoms with E-state index in [1.165, 1.54) is 0 Å². The van der Waals surface area contributed by atoms with E-state index in [2.05, 4.69) is 22.6 Å². The van der Waals surface area contributed by atoms with E-state index in [-0.39, 0.29) is 0 Å². The van der Waals surface area contributed by atoms with Gasteiger partial charge in [-0.1, -0.05) is 30.3 Å². The first-order valence-corrected chi connectivity index (χ1v) is 6.54. The minimum absolute atomic E-state index is 0.569. The summed E-state index contributed by atoms with van der Waals surface area (Å²) in [5, 5.41) is 11.7. The zero-order chi connectivity index (χ0) is 13.5. The van der Waals surface area contributed by atoms with E-state index in [0.717, 1.165) is 36.5 Å². The minimum atomic E-state index is 0.569. The Morgan fingerprint density at radius 3 is 2.95 bits per heavy atom. The van der Waals surface area contributed by atoms with Crippen LogP contribution in [0, 0.1) is 0 Å². The van der Waals surface area contributed by atoms with Crippen molar-refractivity contribution in [1.82, 2.24) is 20.3 Å². The molecule has 0 aliphatic heterocycles. The first-order valence-electron chi connectivity index (χ1n) is 6.54. The van der Waals surface area contributed by atoms with Gasteiger partial charge in [0.25, 0.3) is 0 Å². The Morgan fingerprint density at radius 2 is 2.16 bits per heavy atom. The van der Waals surface area contributed by atoms with Crippen LogP contribution in [0.4, 0.5) is 0 Å². The van der Waals surface area contributed by atoms with E-state index in [4.69, 9.17) is 4.74 Å². The molecule has 0 bridgehead atoms. The molecule has 0 spiro atoms. The van der Waals surface area contributed by atoms with E-state index < -0.39 is 0 Å². The van der Waals surface area contributed by atoms with Crippen molar-refractivity contribution in [2.24, 2.45) is 0 Å². The van der Waals surface area contributed by atoms with Gasteiger partial charge in [-0.25, -0.2) is 4.68 Å².